The summed E-state index contributed by atoms with van der Waals surface area (Å²) in [7, 11) is -4.07. The van der Waals surface area contributed by atoms with E-state index in [0.717, 1.165) is 11.6 Å². The van der Waals surface area contributed by atoms with Crippen LogP contribution >= 0.6 is 0 Å². The van der Waals surface area contributed by atoms with Gasteiger partial charge in [-0.1, -0.05) is 29.8 Å². The second kappa shape index (κ2) is 6.75. The van der Waals surface area contributed by atoms with Crippen molar-refractivity contribution in [2.45, 2.75) is 23.9 Å². The number of rotatable bonds is 5. The van der Waals surface area contributed by atoms with Gasteiger partial charge in [0, 0.05) is 0 Å². The molecule has 0 unspecified atom stereocenters. The summed E-state index contributed by atoms with van der Waals surface area (Å²) in [5.41, 5.74) is 0.712. The number of alkyl halides is 3. The fourth-order valence-corrected chi connectivity index (χ4v) is 3.45. The molecule has 0 radical (unpaired) electrons. The Morgan fingerprint density at radius 1 is 1.12 bits per heavy atom. The summed E-state index contributed by atoms with van der Waals surface area (Å²) in [6.07, 6.45) is -5.07. The number of ether oxygens (including phenoxy) is 1. The lowest BCUT2D eigenvalue weighted by molar-refractivity contribution is -0.274. The summed E-state index contributed by atoms with van der Waals surface area (Å²) in [4.78, 5) is 10.5. The topological polar surface area (TPSA) is 80.7 Å². The summed E-state index contributed by atoms with van der Waals surface area (Å²) in [6.45, 7) is 1.81. The molecule has 2 aromatic carbocycles. The Morgan fingerprint density at radius 3 is 2.24 bits per heavy atom. The van der Waals surface area contributed by atoms with Gasteiger partial charge in [0.25, 0.3) is 0 Å². The van der Waals surface area contributed by atoms with E-state index < -0.39 is 44.1 Å². The van der Waals surface area contributed by atoms with Crippen LogP contribution < -0.4 is 4.74 Å². The number of carboxylic acids is 1. The molecule has 2 rings (SSSR count). The van der Waals surface area contributed by atoms with Gasteiger partial charge in [0.05, 0.1) is 16.2 Å². The van der Waals surface area contributed by atoms with Gasteiger partial charge in [-0.2, -0.15) is 0 Å². The fraction of sp³-hybridized carbons (Fsp3) is 0.188. The van der Waals surface area contributed by atoms with Gasteiger partial charge in [-0.25, -0.2) is 13.2 Å². The van der Waals surface area contributed by atoms with Crippen LogP contribution in [0.4, 0.5) is 13.2 Å². The maximum Gasteiger partial charge on any atom is 0.573 e. The van der Waals surface area contributed by atoms with Crippen LogP contribution in [0.15, 0.2) is 47.4 Å². The molecule has 9 heteroatoms. The van der Waals surface area contributed by atoms with E-state index in [2.05, 4.69) is 4.74 Å². The van der Waals surface area contributed by atoms with E-state index in [9.17, 15) is 26.4 Å². The quantitative estimate of drug-likeness (QED) is 0.865. The van der Waals surface area contributed by atoms with Crippen LogP contribution in [0.3, 0.4) is 0 Å². The van der Waals surface area contributed by atoms with Gasteiger partial charge in [0.15, 0.2) is 9.84 Å². The van der Waals surface area contributed by atoms with Crippen molar-refractivity contribution in [1.29, 1.82) is 0 Å². The number of aryl methyl sites for hydroxylation is 1. The normalized spacial score (nSPS) is 12.0. The lowest BCUT2D eigenvalue weighted by Crippen LogP contribution is -2.18. The minimum absolute atomic E-state index is 0.421. The molecule has 0 spiro atoms. The first-order valence-corrected chi connectivity index (χ1v) is 8.54. The molecule has 2 aromatic rings. The highest BCUT2D eigenvalue weighted by atomic mass is 32.2. The van der Waals surface area contributed by atoms with Crippen molar-refractivity contribution in [2.75, 3.05) is 0 Å². The Kier molecular flexibility index (Phi) is 5.07. The maximum atomic E-state index is 12.4. The summed E-state index contributed by atoms with van der Waals surface area (Å²) in [5.74, 6) is -2.96. The summed E-state index contributed by atoms with van der Waals surface area (Å²) < 4.78 is 65.7. The molecule has 0 aliphatic rings. The van der Waals surface area contributed by atoms with Gasteiger partial charge >= 0.3 is 12.3 Å². The van der Waals surface area contributed by atoms with Gasteiger partial charge in [0.1, 0.15) is 5.75 Å². The van der Waals surface area contributed by atoms with Gasteiger partial charge in [-0.05, 0) is 30.7 Å². The standard InChI is InChI=1S/C16H13F3O5S/c1-10-2-4-11(5-3-10)9-25(22,23)14-7-12(15(20)21)6-13(8-14)24-16(17,18)19/h2-8H,9H2,1H3,(H,20,21). The molecular formula is C16H13F3O5S. The van der Waals surface area contributed by atoms with Crippen LogP contribution in [0.1, 0.15) is 21.5 Å². The predicted molar refractivity (Wildman–Crippen MR) is 82.2 cm³/mol. The van der Waals surface area contributed by atoms with Crippen LogP contribution in [-0.2, 0) is 15.6 Å². The van der Waals surface area contributed by atoms with Gasteiger partial charge < -0.3 is 9.84 Å². The molecule has 0 bridgehead atoms. The number of hydrogen-bond donors (Lipinski definition) is 1. The van der Waals surface area contributed by atoms with E-state index in [1.807, 2.05) is 6.92 Å². The molecule has 0 aromatic heterocycles. The third-order valence-electron chi connectivity index (χ3n) is 3.20. The van der Waals surface area contributed by atoms with Crippen molar-refractivity contribution in [2.24, 2.45) is 0 Å². The maximum absolute atomic E-state index is 12.4. The Labute approximate surface area is 141 Å². The highest BCUT2D eigenvalue weighted by Crippen LogP contribution is 2.28. The van der Waals surface area contributed by atoms with Crippen LogP contribution in [0, 0.1) is 6.92 Å². The Balaban J connectivity index is 2.44. The van der Waals surface area contributed by atoms with Gasteiger partial charge in [-0.3, -0.25) is 0 Å². The number of hydrogen-bond acceptors (Lipinski definition) is 4. The fourth-order valence-electron chi connectivity index (χ4n) is 2.05. The van der Waals surface area contributed by atoms with Gasteiger partial charge in [-0.15, -0.1) is 13.2 Å². The van der Waals surface area contributed by atoms with E-state index in [1.165, 1.54) is 0 Å². The van der Waals surface area contributed by atoms with Crippen molar-refractivity contribution in [3.63, 3.8) is 0 Å². The SMILES string of the molecule is Cc1ccc(CS(=O)(=O)c2cc(OC(F)(F)F)cc(C(=O)O)c2)cc1. The predicted octanol–water partition coefficient (Wildman–Crippen LogP) is 3.57. The molecular weight excluding hydrogens is 361 g/mol. The van der Waals surface area contributed by atoms with Crippen molar-refractivity contribution < 1.29 is 36.2 Å². The number of carbonyl (C=O) groups is 1. The molecule has 0 aliphatic carbocycles. The van der Waals surface area contributed by atoms with Crippen LogP contribution in [-0.4, -0.2) is 25.9 Å². The molecule has 25 heavy (non-hydrogen) atoms. The largest absolute Gasteiger partial charge is 0.573 e. The molecule has 0 atom stereocenters. The van der Waals surface area contributed by atoms with Crippen LogP contribution in [0.25, 0.3) is 0 Å². The third kappa shape index (κ3) is 5.21. The molecule has 0 aliphatic heterocycles. The molecule has 0 heterocycles. The molecule has 0 saturated carbocycles. The lowest BCUT2D eigenvalue weighted by Gasteiger charge is -2.12. The Bertz CT molecular complexity index is 887. The third-order valence-corrected chi connectivity index (χ3v) is 4.86. The minimum atomic E-state index is -5.07. The summed E-state index contributed by atoms with van der Waals surface area (Å²) in [5, 5.41) is 8.99. The minimum Gasteiger partial charge on any atom is -0.478 e. The first kappa shape index (κ1) is 18.8. The Hall–Kier alpha value is -2.55. The first-order chi connectivity index (χ1) is 11.5. The van der Waals surface area contributed by atoms with Crippen LogP contribution in [0.2, 0.25) is 0 Å². The van der Waals surface area contributed by atoms with Crippen molar-refractivity contribution in [1.82, 2.24) is 0 Å². The summed E-state index contributed by atoms with van der Waals surface area (Å²) >= 11 is 0. The number of benzene rings is 2. The zero-order valence-electron chi connectivity index (χ0n) is 12.9. The lowest BCUT2D eigenvalue weighted by atomic mass is 10.2. The van der Waals surface area contributed by atoms with Gasteiger partial charge in [0.2, 0.25) is 0 Å². The van der Waals surface area contributed by atoms with E-state index in [4.69, 9.17) is 5.11 Å². The number of sulfone groups is 1. The molecule has 0 amide bonds. The highest BCUT2D eigenvalue weighted by Gasteiger charge is 2.32. The average molecular weight is 374 g/mol. The zero-order valence-corrected chi connectivity index (χ0v) is 13.7. The van der Waals surface area contributed by atoms with E-state index in [-0.39, 0.29) is 0 Å². The van der Waals surface area contributed by atoms with Crippen molar-refractivity contribution in [3.05, 3.63) is 59.2 Å². The van der Waals surface area contributed by atoms with Crippen molar-refractivity contribution >= 4 is 15.8 Å². The van der Waals surface area contributed by atoms with Crippen molar-refractivity contribution in [3.8, 4) is 5.75 Å². The van der Waals surface area contributed by atoms with E-state index in [1.54, 1.807) is 24.3 Å². The first-order valence-electron chi connectivity index (χ1n) is 6.89. The molecule has 5 nitrogen and oxygen atoms in total. The molecule has 0 saturated heterocycles. The number of aromatic carboxylic acids is 1. The molecule has 1 N–H and O–H groups in total. The van der Waals surface area contributed by atoms with Crippen LogP contribution in [0.5, 0.6) is 5.75 Å². The Morgan fingerprint density at radius 2 is 1.72 bits per heavy atom. The van der Waals surface area contributed by atoms with E-state index in [0.29, 0.717) is 17.7 Å². The smallest absolute Gasteiger partial charge is 0.478 e. The molecule has 0 fully saturated rings. The number of carboxylic acid groups (broad SMARTS) is 1. The summed E-state index contributed by atoms with van der Waals surface area (Å²) in [6, 6.07) is 8.59. The monoisotopic (exact) mass is 374 g/mol. The molecule has 134 valence electrons. The average Bonchev–Trinajstić information content (AvgIpc) is 2.47. The second-order valence-corrected chi connectivity index (χ2v) is 7.28. The second-order valence-electron chi connectivity index (χ2n) is 5.29. The zero-order chi connectivity index (χ0) is 18.8. The highest BCUT2D eigenvalue weighted by molar-refractivity contribution is 7.90. The van der Waals surface area contributed by atoms with E-state index >= 15 is 0 Å². The number of halogens is 3.